The smallest absolute Gasteiger partial charge is 0.337 e. The van der Waals surface area contributed by atoms with Gasteiger partial charge in [0, 0.05) is 17.6 Å². The summed E-state index contributed by atoms with van der Waals surface area (Å²) in [6, 6.07) is 18.0. The normalized spacial score (nSPS) is 10.2. The van der Waals surface area contributed by atoms with Gasteiger partial charge >= 0.3 is 5.97 Å². The summed E-state index contributed by atoms with van der Waals surface area (Å²) in [5, 5.41) is 5.98. The molecule has 0 spiro atoms. The molecule has 28 heavy (non-hydrogen) atoms. The van der Waals surface area contributed by atoms with Crippen molar-refractivity contribution in [2.75, 3.05) is 17.7 Å². The number of ether oxygens (including phenoxy) is 1. The van der Waals surface area contributed by atoms with Crippen molar-refractivity contribution in [2.24, 2.45) is 0 Å². The fourth-order valence-electron chi connectivity index (χ4n) is 2.58. The van der Waals surface area contributed by atoms with Crippen LogP contribution in [0.5, 0.6) is 0 Å². The third-order valence-corrected chi connectivity index (χ3v) is 4.22. The van der Waals surface area contributed by atoms with E-state index >= 15 is 0 Å². The lowest BCUT2D eigenvalue weighted by molar-refractivity contribution is 0.0600. The SMILES string of the molecule is CCc1ccc(NC(=O)c2ccc(Nc3ccc(C(=O)OC)cc3)nc2)cc1. The number of rotatable bonds is 6. The molecule has 0 fully saturated rings. The molecule has 6 nitrogen and oxygen atoms in total. The second-order valence-corrected chi connectivity index (χ2v) is 6.13. The Bertz CT molecular complexity index is 950. The molecule has 6 heteroatoms. The van der Waals surface area contributed by atoms with Gasteiger partial charge in [-0.1, -0.05) is 19.1 Å². The van der Waals surface area contributed by atoms with Gasteiger partial charge in [0.15, 0.2) is 0 Å². The third kappa shape index (κ3) is 4.73. The van der Waals surface area contributed by atoms with E-state index in [-0.39, 0.29) is 11.9 Å². The Morgan fingerprint density at radius 3 is 2.11 bits per heavy atom. The van der Waals surface area contributed by atoms with Crippen LogP contribution in [0, 0.1) is 0 Å². The first-order valence-electron chi connectivity index (χ1n) is 8.91. The summed E-state index contributed by atoms with van der Waals surface area (Å²) in [4.78, 5) is 28.1. The molecule has 1 aromatic heterocycles. The Morgan fingerprint density at radius 1 is 0.893 bits per heavy atom. The van der Waals surface area contributed by atoms with E-state index in [1.165, 1.54) is 18.9 Å². The zero-order valence-electron chi connectivity index (χ0n) is 15.7. The number of hydrogen-bond acceptors (Lipinski definition) is 5. The second-order valence-electron chi connectivity index (χ2n) is 6.13. The van der Waals surface area contributed by atoms with Gasteiger partial charge in [-0.3, -0.25) is 4.79 Å². The maximum atomic E-state index is 12.4. The van der Waals surface area contributed by atoms with Crippen LogP contribution in [0.3, 0.4) is 0 Å². The average molecular weight is 375 g/mol. The number of amides is 1. The molecule has 2 aromatic carbocycles. The van der Waals surface area contributed by atoms with Gasteiger partial charge in [0.1, 0.15) is 5.82 Å². The number of hydrogen-bond donors (Lipinski definition) is 2. The van der Waals surface area contributed by atoms with Crippen molar-refractivity contribution < 1.29 is 14.3 Å². The first-order chi connectivity index (χ1) is 13.6. The predicted molar refractivity (Wildman–Crippen MR) is 109 cm³/mol. The van der Waals surface area contributed by atoms with Crippen molar-refractivity contribution in [3.63, 3.8) is 0 Å². The summed E-state index contributed by atoms with van der Waals surface area (Å²) in [7, 11) is 1.34. The van der Waals surface area contributed by atoms with E-state index in [0.717, 1.165) is 17.8 Å². The van der Waals surface area contributed by atoms with E-state index in [4.69, 9.17) is 0 Å². The Morgan fingerprint density at radius 2 is 1.54 bits per heavy atom. The van der Waals surface area contributed by atoms with Crippen molar-refractivity contribution in [3.8, 4) is 0 Å². The monoisotopic (exact) mass is 375 g/mol. The number of anilines is 3. The average Bonchev–Trinajstić information content (AvgIpc) is 2.74. The Balaban J connectivity index is 1.62. The molecular formula is C22H21N3O3. The van der Waals surface area contributed by atoms with Crippen LogP contribution in [0.25, 0.3) is 0 Å². The Hall–Kier alpha value is -3.67. The molecule has 0 aliphatic carbocycles. The minimum absolute atomic E-state index is 0.217. The maximum Gasteiger partial charge on any atom is 0.337 e. The molecule has 2 N–H and O–H groups in total. The number of aryl methyl sites for hydroxylation is 1. The molecule has 0 unspecified atom stereocenters. The molecule has 1 heterocycles. The van der Waals surface area contributed by atoms with Crippen molar-refractivity contribution in [2.45, 2.75) is 13.3 Å². The van der Waals surface area contributed by atoms with Gasteiger partial charge in [0.2, 0.25) is 0 Å². The van der Waals surface area contributed by atoms with Crippen LogP contribution in [0.15, 0.2) is 66.9 Å². The van der Waals surface area contributed by atoms with Gasteiger partial charge in [-0.25, -0.2) is 9.78 Å². The van der Waals surface area contributed by atoms with Crippen molar-refractivity contribution in [3.05, 3.63) is 83.6 Å². The lowest BCUT2D eigenvalue weighted by Gasteiger charge is -2.08. The van der Waals surface area contributed by atoms with Crippen LogP contribution in [-0.4, -0.2) is 24.0 Å². The summed E-state index contributed by atoms with van der Waals surface area (Å²) in [6.07, 6.45) is 2.47. The summed E-state index contributed by atoms with van der Waals surface area (Å²) in [6.45, 7) is 2.09. The number of esters is 1. The van der Waals surface area contributed by atoms with Gasteiger partial charge in [0.25, 0.3) is 5.91 Å². The Kier molecular flexibility index (Phi) is 6.01. The zero-order valence-corrected chi connectivity index (χ0v) is 15.7. The van der Waals surface area contributed by atoms with Crippen LogP contribution in [0.1, 0.15) is 33.2 Å². The maximum absolute atomic E-state index is 12.4. The third-order valence-electron chi connectivity index (χ3n) is 4.22. The minimum atomic E-state index is -0.385. The lowest BCUT2D eigenvalue weighted by Crippen LogP contribution is -2.12. The molecule has 1 amide bonds. The number of benzene rings is 2. The number of nitrogens with zero attached hydrogens (tertiary/aromatic N) is 1. The van der Waals surface area contributed by atoms with Crippen LogP contribution in [0.4, 0.5) is 17.2 Å². The molecule has 0 saturated carbocycles. The topological polar surface area (TPSA) is 80.3 Å². The number of carbonyl (C=O) groups excluding carboxylic acids is 2. The van der Waals surface area contributed by atoms with Crippen LogP contribution >= 0.6 is 0 Å². The van der Waals surface area contributed by atoms with E-state index in [0.29, 0.717) is 16.9 Å². The molecule has 0 atom stereocenters. The van der Waals surface area contributed by atoms with Gasteiger partial charge in [-0.2, -0.15) is 0 Å². The molecule has 3 rings (SSSR count). The molecule has 0 aliphatic rings. The Labute approximate surface area is 163 Å². The first kappa shape index (κ1) is 19.1. The molecule has 0 bridgehead atoms. The van der Waals surface area contributed by atoms with E-state index in [2.05, 4.69) is 27.3 Å². The van der Waals surface area contributed by atoms with E-state index < -0.39 is 0 Å². The predicted octanol–water partition coefficient (Wildman–Crippen LogP) is 4.43. The van der Waals surface area contributed by atoms with E-state index in [9.17, 15) is 9.59 Å². The zero-order chi connectivity index (χ0) is 19.9. The van der Waals surface area contributed by atoms with Crippen molar-refractivity contribution in [1.29, 1.82) is 0 Å². The molecular weight excluding hydrogens is 354 g/mol. The number of carbonyl (C=O) groups is 2. The van der Waals surface area contributed by atoms with Crippen molar-refractivity contribution in [1.82, 2.24) is 4.98 Å². The van der Waals surface area contributed by atoms with Crippen molar-refractivity contribution >= 4 is 29.1 Å². The van der Waals surface area contributed by atoms with E-state index in [1.54, 1.807) is 36.4 Å². The van der Waals surface area contributed by atoms with Crippen LogP contribution < -0.4 is 10.6 Å². The number of aromatic nitrogens is 1. The molecule has 0 radical (unpaired) electrons. The number of pyridine rings is 1. The highest BCUT2D eigenvalue weighted by Gasteiger charge is 2.08. The van der Waals surface area contributed by atoms with Gasteiger partial charge in [-0.15, -0.1) is 0 Å². The van der Waals surface area contributed by atoms with Gasteiger partial charge < -0.3 is 15.4 Å². The highest BCUT2D eigenvalue weighted by molar-refractivity contribution is 6.04. The molecule has 3 aromatic rings. The minimum Gasteiger partial charge on any atom is -0.465 e. The first-order valence-corrected chi connectivity index (χ1v) is 8.91. The number of methoxy groups -OCH3 is 1. The fourth-order valence-corrected chi connectivity index (χ4v) is 2.58. The highest BCUT2D eigenvalue weighted by atomic mass is 16.5. The molecule has 0 saturated heterocycles. The second kappa shape index (κ2) is 8.81. The van der Waals surface area contributed by atoms with Gasteiger partial charge in [0.05, 0.1) is 18.2 Å². The summed E-state index contributed by atoms with van der Waals surface area (Å²) >= 11 is 0. The van der Waals surface area contributed by atoms with Gasteiger partial charge in [-0.05, 0) is 60.5 Å². The molecule has 142 valence electrons. The summed E-state index contributed by atoms with van der Waals surface area (Å²) in [5.41, 5.74) is 3.67. The standard InChI is InChI=1S/C22H21N3O3/c1-3-15-4-9-19(10-5-15)25-21(26)17-8-13-20(23-14-17)24-18-11-6-16(7-12-18)22(27)28-2/h4-14H,3H2,1-2H3,(H,23,24)(H,25,26). The summed E-state index contributed by atoms with van der Waals surface area (Å²) < 4.78 is 4.67. The number of nitrogens with one attached hydrogen (secondary N) is 2. The highest BCUT2D eigenvalue weighted by Crippen LogP contribution is 2.17. The lowest BCUT2D eigenvalue weighted by atomic mass is 10.1. The quantitative estimate of drug-likeness (QED) is 0.623. The largest absolute Gasteiger partial charge is 0.465 e. The summed E-state index contributed by atoms with van der Waals surface area (Å²) in [5.74, 6) is -0.00947. The fraction of sp³-hybridized carbons (Fsp3) is 0.136. The molecule has 0 aliphatic heterocycles. The van der Waals surface area contributed by atoms with Crippen LogP contribution in [0.2, 0.25) is 0 Å². The van der Waals surface area contributed by atoms with E-state index in [1.807, 2.05) is 24.3 Å². The van der Waals surface area contributed by atoms with Crippen LogP contribution in [-0.2, 0) is 11.2 Å².